The van der Waals surface area contributed by atoms with Gasteiger partial charge in [0.05, 0.1) is 11.9 Å². The summed E-state index contributed by atoms with van der Waals surface area (Å²) < 4.78 is 0.988. The van der Waals surface area contributed by atoms with Crippen LogP contribution in [-0.2, 0) is 0 Å². The molecule has 3 rings (SSSR count). The lowest BCUT2D eigenvalue weighted by atomic mass is 10.1. The van der Waals surface area contributed by atoms with Gasteiger partial charge >= 0.3 is 0 Å². The smallest absolute Gasteiger partial charge is 0.0569 e. The zero-order valence-electron chi connectivity index (χ0n) is 9.20. The van der Waals surface area contributed by atoms with Crippen molar-refractivity contribution in [2.45, 2.75) is 24.9 Å². The Balaban J connectivity index is 1.86. The molecule has 17 heavy (non-hydrogen) atoms. The number of azide groups is 1. The lowest BCUT2D eigenvalue weighted by Crippen LogP contribution is -2.35. The molecule has 2 fully saturated rings. The average molecular weight is 294 g/mol. The number of hydrogen-bond acceptors (Lipinski definition) is 3. The van der Waals surface area contributed by atoms with Crippen LogP contribution in [0.15, 0.2) is 28.0 Å². The first kappa shape index (κ1) is 10.9. The zero-order valence-corrected chi connectivity index (χ0v) is 10.8. The van der Waals surface area contributed by atoms with Crippen LogP contribution in [0.25, 0.3) is 10.4 Å². The molecule has 3 atom stereocenters. The molecule has 6 heteroatoms. The Labute approximate surface area is 108 Å². The van der Waals surface area contributed by atoms with Crippen molar-refractivity contribution in [3.05, 3.63) is 33.4 Å². The SMILES string of the molecule is [N-]=[N+]=NCC1CC2CC2N1c1cncc(Br)c1. The standard InChI is InChI=1S/C11H12BrN5/c12-8-3-10(5-14-4-8)17-9(6-15-16-13)1-7-2-11(7)17/h3-5,7,9,11H,1-2,6H2. The highest BCUT2D eigenvalue weighted by Crippen LogP contribution is 2.49. The van der Waals surface area contributed by atoms with Crippen molar-refractivity contribution in [1.82, 2.24) is 4.98 Å². The number of halogens is 1. The molecule has 1 aromatic heterocycles. The summed E-state index contributed by atoms with van der Waals surface area (Å²) in [5.41, 5.74) is 9.55. The minimum Gasteiger partial charge on any atom is -0.364 e. The molecule has 0 N–H and O–H groups in total. The number of fused-ring (bicyclic) bond motifs is 1. The molecule has 1 saturated heterocycles. The normalized spacial score (nSPS) is 29.7. The minimum absolute atomic E-state index is 0.339. The summed E-state index contributed by atoms with van der Waals surface area (Å²) in [5.74, 6) is 0.785. The van der Waals surface area contributed by atoms with E-state index in [0.717, 1.165) is 22.5 Å². The van der Waals surface area contributed by atoms with Crippen LogP contribution in [0, 0.1) is 5.92 Å². The van der Waals surface area contributed by atoms with Crippen LogP contribution in [0.3, 0.4) is 0 Å². The molecule has 0 radical (unpaired) electrons. The molecule has 0 aromatic carbocycles. The van der Waals surface area contributed by atoms with Crippen LogP contribution in [-0.4, -0.2) is 23.6 Å². The predicted molar refractivity (Wildman–Crippen MR) is 68.7 cm³/mol. The second kappa shape index (κ2) is 4.20. The second-order valence-electron chi connectivity index (χ2n) is 4.63. The molecule has 2 heterocycles. The molecule has 1 saturated carbocycles. The molecule has 1 aliphatic heterocycles. The van der Waals surface area contributed by atoms with Gasteiger partial charge in [0.2, 0.25) is 0 Å². The third-order valence-electron chi connectivity index (χ3n) is 3.56. The topological polar surface area (TPSA) is 64.9 Å². The van der Waals surface area contributed by atoms with E-state index in [1.54, 1.807) is 6.20 Å². The van der Waals surface area contributed by atoms with Crippen molar-refractivity contribution in [3.63, 3.8) is 0 Å². The molecule has 88 valence electrons. The summed E-state index contributed by atoms with van der Waals surface area (Å²) in [6.45, 7) is 0.552. The number of rotatable bonds is 3. The average Bonchev–Trinajstić information content (AvgIpc) is 2.98. The Kier molecular flexibility index (Phi) is 2.68. The van der Waals surface area contributed by atoms with Crippen molar-refractivity contribution < 1.29 is 0 Å². The fourth-order valence-electron chi connectivity index (χ4n) is 2.80. The van der Waals surface area contributed by atoms with Gasteiger partial charge in [-0.05, 0) is 46.3 Å². The van der Waals surface area contributed by atoms with Crippen LogP contribution in [0.4, 0.5) is 5.69 Å². The van der Waals surface area contributed by atoms with E-state index in [2.05, 4.69) is 41.9 Å². The molecule has 0 spiro atoms. The number of pyridine rings is 1. The third-order valence-corrected chi connectivity index (χ3v) is 3.99. The second-order valence-corrected chi connectivity index (χ2v) is 5.55. The molecule has 3 unspecified atom stereocenters. The van der Waals surface area contributed by atoms with Gasteiger partial charge in [0, 0.05) is 34.2 Å². The molecule has 0 bridgehead atoms. The fraction of sp³-hybridized carbons (Fsp3) is 0.545. The van der Waals surface area contributed by atoms with Gasteiger partial charge in [0.15, 0.2) is 0 Å². The van der Waals surface area contributed by atoms with Crippen molar-refractivity contribution in [3.8, 4) is 0 Å². The van der Waals surface area contributed by atoms with E-state index in [-0.39, 0.29) is 0 Å². The predicted octanol–water partition coefficient (Wildman–Crippen LogP) is 3.12. The molecule has 2 aliphatic rings. The quantitative estimate of drug-likeness (QED) is 0.488. The lowest BCUT2D eigenvalue weighted by molar-refractivity contribution is 0.604. The molecule has 0 amide bonds. The molecular formula is C11H12BrN5. The van der Waals surface area contributed by atoms with Crippen LogP contribution >= 0.6 is 15.9 Å². The molecule has 1 aromatic rings. The van der Waals surface area contributed by atoms with E-state index < -0.39 is 0 Å². The van der Waals surface area contributed by atoms with Crippen molar-refractivity contribution in [2.24, 2.45) is 11.0 Å². The fourth-order valence-corrected chi connectivity index (χ4v) is 3.15. The minimum atomic E-state index is 0.339. The summed E-state index contributed by atoms with van der Waals surface area (Å²) in [6.07, 6.45) is 6.07. The van der Waals surface area contributed by atoms with Crippen molar-refractivity contribution in [2.75, 3.05) is 11.4 Å². The summed E-state index contributed by atoms with van der Waals surface area (Å²) in [7, 11) is 0. The summed E-state index contributed by atoms with van der Waals surface area (Å²) in [5, 5.41) is 3.71. The van der Waals surface area contributed by atoms with Crippen molar-refractivity contribution >= 4 is 21.6 Å². The van der Waals surface area contributed by atoms with Gasteiger partial charge in [0.25, 0.3) is 0 Å². The number of hydrogen-bond donors (Lipinski definition) is 0. The summed E-state index contributed by atoms with van der Waals surface area (Å²) in [6, 6.07) is 3.05. The van der Waals surface area contributed by atoms with Crippen LogP contribution < -0.4 is 4.90 Å². The lowest BCUT2D eigenvalue weighted by Gasteiger charge is -2.28. The van der Waals surface area contributed by atoms with Crippen molar-refractivity contribution in [1.29, 1.82) is 0 Å². The number of aromatic nitrogens is 1. The number of piperidine rings is 1. The maximum absolute atomic E-state index is 8.42. The number of anilines is 1. The number of nitrogens with zero attached hydrogens (tertiary/aromatic N) is 5. The Morgan fingerprint density at radius 2 is 2.41 bits per heavy atom. The maximum Gasteiger partial charge on any atom is 0.0569 e. The van der Waals surface area contributed by atoms with E-state index in [9.17, 15) is 0 Å². The van der Waals surface area contributed by atoms with Crippen LogP contribution in [0.1, 0.15) is 12.8 Å². The van der Waals surface area contributed by atoms with Gasteiger partial charge in [-0.25, -0.2) is 0 Å². The monoisotopic (exact) mass is 293 g/mol. The summed E-state index contributed by atoms with van der Waals surface area (Å²) >= 11 is 3.44. The van der Waals surface area contributed by atoms with E-state index in [0.29, 0.717) is 18.6 Å². The Morgan fingerprint density at radius 3 is 3.18 bits per heavy atom. The first-order chi connectivity index (χ1) is 8.29. The van der Waals surface area contributed by atoms with E-state index >= 15 is 0 Å². The van der Waals surface area contributed by atoms with Crippen LogP contribution in [0.5, 0.6) is 0 Å². The van der Waals surface area contributed by atoms with E-state index in [1.165, 1.54) is 6.42 Å². The zero-order chi connectivity index (χ0) is 11.8. The highest BCUT2D eigenvalue weighted by atomic mass is 79.9. The molecule has 5 nitrogen and oxygen atoms in total. The Hall–Kier alpha value is -1.26. The van der Waals surface area contributed by atoms with Crippen LogP contribution in [0.2, 0.25) is 0 Å². The summed E-state index contributed by atoms with van der Waals surface area (Å²) in [4.78, 5) is 9.43. The molecular weight excluding hydrogens is 282 g/mol. The van der Waals surface area contributed by atoms with Gasteiger partial charge in [-0.2, -0.15) is 0 Å². The first-order valence-electron chi connectivity index (χ1n) is 5.69. The maximum atomic E-state index is 8.42. The Bertz CT molecular complexity index is 485. The van der Waals surface area contributed by atoms with Gasteiger partial charge in [-0.3, -0.25) is 4.98 Å². The van der Waals surface area contributed by atoms with E-state index in [4.69, 9.17) is 5.53 Å². The van der Waals surface area contributed by atoms with Gasteiger partial charge in [-0.1, -0.05) is 5.11 Å². The first-order valence-corrected chi connectivity index (χ1v) is 6.48. The highest BCUT2D eigenvalue weighted by molar-refractivity contribution is 9.10. The molecule has 1 aliphatic carbocycles. The largest absolute Gasteiger partial charge is 0.364 e. The Morgan fingerprint density at radius 1 is 1.53 bits per heavy atom. The van der Waals surface area contributed by atoms with Gasteiger partial charge in [0.1, 0.15) is 0 Å². The third kappa shape index (κ3) is 1.98. The van der Waals surface area contributed by atoms with Gasteiger partial charge < -0.3 is 4.90 Å². The van der Waals surface area contributed by atoms with E-state index in [1.807, 2.05) is 6.20 Å². The highest BCUT2D eigenvalue weighted by Gasteiger charge is 2.51. The van der Waals surface area contributed by atoms with Gasteiger partial charge in [-0.15, -0.1) is 0 Å².